The van der Waals surface area contributed by atoms with Crippen LogP contribution in [-0.4, -0.2) is 34.8 Å². The fourth-order valence-corrected chi connectivity index (χ4v) is 5.12. The maximum absolute atomic E-state index is 13.4. The predicted molar refractivity (Wildman–Crippen MR) is 110 cm³/mol. The monoisotopic (exact) mass is 408 g/mol. The van der Waals surface area contributed by atoms with Crippen LogP contribution in [0.1, 0.15) is 35.2 Å². The Morgan fingerprint density at radius 1 is 1.17 bits per heavy atom. The number of ether oxygens (including phenoxy) is 2. The third-order valence-electron chi connectivity index (χ3n) is 5.54. The van der Waals surface area contributed by atoms with E-state index in [1.165, 1.54) is 11.2 Å². The zero-order chi connectivity index (χ0) is 20.0. The summed E-state index contributed by atoms with van der Waals surface area (Å²) in [6.45, 7) is 0. The number of nitrogens with one attached hydrogen (secondary N) is 1. The lowest BCUT2D eigenvalue weighted by Crippen LogP contribution is -2.33. The highest BCUT2D eigenvalue weighted by Crippen LogP contribution is 2.47. The van der Waals surface area contributed by atoms with E-state index in [9.17, 15) is 4.79 Å². The number of hydrogen-bond donors (Lipinski definition) is 1. The number of thiophene rings is 1. The molecule has 2 aromatic heterocycles. The fourth-order valence-electron chi connectivity index (χ4n) is 4.29. The van der Waals surface area contributed by atoms with Gasteiger partial charge in [0.2, 0.25) is 5.95 Å². The third kappa shape index (κ3) is 2.82. The van der Waals surface area contributed by atoms with Crippen LogP contribution in [-0.2, 0) is 4.79 Å². The molecule has 0 amide bonds. The smallest absolute Gasteiger partial charge is 0.226 e. The van der Waals surface area contributed by atoms with Gasteiger partial charge >= 0.3 is 0 Å². The van der Waals surface area contributed by atoms with Gasteiger partial charge in [-0.05, 0) is 23.9 Å². The second kappa shape index (κ2) is 7.04. The number of nitrogens with zero attached hydrogens (tertiary/aromatic N) is 3. The third-order valence-corrected chi connectivity index (χ3v) is 6.57. The van der Waals surface area contributed by atoms with Crippen LogP contribution in [0.2, 0.25) is 0 Å². The van der Waals surface area contributed by atoms with E-state index in [-0.39, 0.29) is 11.7 Å². The summed E-state index contributed by atoms with van der Waals surface area (Å²) >= 11 is 1.69. The zero-order valence-electron chi connectivity index (χ0n) is 16.1. The summed E-state index contributed by atoms with van der Waals surface area (Å²) in [5.74, 6) is 2.14. The number of benzene rings is 1. The highest BCUT2D eigenvalue weighted by molar-refractivity contribution is 7.10. The molecule has 29 heavy (non-hydrogen) atoms. The molecule has 3 heterocycles. The number of rotatable bonds is 4. The van der Waals surface area contributed by atoms with Crippen LogP contribution in [0.25, 0.3) is 0 Å². The molecule has 0 saturated carbocycles. The Bertz CT molecular complexity index is 1100. The molecule has 5 rings (SSSR count). The van der Waals surface area contributed by atoms with E-state index in [0.717, 1.165) is 23.3 Å². The second-order valence-electron chi connectivity index (χ2n) is 7.07. The van der Waals surface area contributed by atoms with Crippen LogP contribution in [0.5, 0.6) is 11.5 Å². The van der Waals surface area contributed by atoms with Crippen molar-refractivity contribution in [3.05, 3.63) is 63.7 Å². The average molecular weight is 408 g/mol. The summed E-state index contributed by atoms with van der Waals surface area (Å²) < 4.78 is 12.9. The maximum Gasteiger partial charge on any atom is 0.226 e. The van der Waals surface area contributed by atoms with Crippen molar-refractivity contribution in [1.82, 2.24) is 14.8 Å². The van der Waals surface area contributed by atoms with Crippen molar-refractivity contribution in [2.45, 2.75) is 24.8 Å². The SMILES string of the molecule is COc1cccc([C@@H]2C3=C(C[C@@H](c4cccs4)CC3=O)Nc3ncnn32)c1OC. The number of carbonyl (C=O) groups is 1. The molecule has 0 bridgehead atoms. The van der Waals surface area contributed by atoms with Crippen molar-refractivity contribution in [2.24, 2.45) is 0 Å². The largest absolute Gasteiger partial charge is 0.493 e. The van der Waals surface area contributed by atoms with Crippen molar-refractivity contribution >= 4 is 23.1 Å². The van der Waals surface area contributed by atoms with Gasteiger partial charge in [-0.1, -0.05) is 18.2 Å². The number of carbonyl (C=O) groups excluding carboxylic acids is 1. The molecule has 0 spiro atoms. The van der Waals surface area contributed by atoms with Gasteiger partial charge in [0.15, 0.2) is 17.3 Å². The van der Waals surface area contributed by atoms with E-state index in [2.05, 4.69) is 26.8 Å². The molecule has 7 nitrogen and oxygen atoms in total. The van der Waals surface area contributed by atoms with Crippen LogP contribution in [0.15, 0.2) is 53.3 Å². The van der Waals surface area contributed by atoms with Gasteiger partial charge in [0, 0.05) is 34.0 Å². The van der Waals surface area contributed by atoms with Crippen molar-refractivity contribution in [2.75, 3.05) is 19.5 Å². The molecule has 1 N–H and O–H groups in total. The molecule has 0 saturated heterocycles. The van der Waals surface area contributed by atoms with Gasteiger partial charge in [-0.2, -0.15) is 10.1 Å². The highest BCUT2D eigenvalue weighted by Gasteiger charge is 2.40. The molecule has 8 heteroatoms. The Balaban J connectivity index is 1.66. The van der Waals surface area contributed by atoms with E-state index in [1.807, 2.05) is 24.3 Å². The number of ketones is 1. The standard InChI is InChI=1S/C21H20N4O3S/c1-27-16-6-3-5-13(20(16)28-2)19-18-14(24-21-22-11-23-25(19)21)9-12(10-15(18)26)17-7-4-8-29-17/h3-8,11-12,19H,9-10H2,1-2H3,(H,22,23,24)/t12-,19-/m1/s1. The number of fused-ring (bicyclic) bond motifs is 1. The van der Waals surface area contributed by atoms with Crippen LogP contribution in [0.3, 0.4) is 0 Å². The maximum atomic E-state index is 13.4. The van der Waals surface area contributed by atoms with Gasteiger partial charge < -0.3 is 14.8 Å². The van der Waals surface area contributed by atoms with Crippen molar-refractivity contribution in [1.29, 1.82) is 0 Å². The number of para-hydroxylation sites is 1. The van der Waals surface area contributed by atoms with Gasteiger partial charge in [-0.25, -0.2) is 4.68 Å². The second-order valence-corrected chi connectivity index (χ2v) is 8.05. The Morgan fingerprint density at radius 3 is 2.83 bits per heavy atom. The summed E-state index contributed by atoms with van der Waals surface area (Å²) in [6, 6.07) is 9.41. The van der Waals surface area contributed by atoms with Gasteiger partial charge in [0.25, 0.3) is 0 Å². The summed E-state index contributed by atoms with van der Waals surface area (Å²) in [5, 5.41) is 9.80. The Morgan fingerprint density at radius 2 is 2.07 bits per heavy atom. The Kier molecular flexibility index (Phi) is 4.35. The number of anilines is 1. The molecule has 148 valence electrons. The van der Waals surface area contributed by atoms with Crippen LogP contribution in [0, 0.1) is 0 Å². The van der Waals surface area contributed by atoms with Gasteiger partial charge in [-0.3, -0.25) is 4.79 Å². The minimum absolute atomic E-state index is 0.119. The van der Waals surface area contributed by atoms with Crippen LogP contribution < -0.4 is 14.8 Å². The normalized spacial score (nSPS) is 20.7. The zero-order valence-corrected chi connectivity index (χ0v) is 16.9. The first kappa shape index (κ1) is 17.9. The molecule has 1 aliphatic heterocycles. The molecule has 1 aliphatic carbocycles. The van der Waals surface area contributed by atoms with Crippen molar-refractivity contribution in [3.8, 4) is 11.5 Å². The Hall–Kier alpha value is -3.13. The summed E-state index contributed by atoms with van der Waals surface area (Å²) in [4.78, 5) is 19.0. The quantitative estimate of drug-likeness (QED) is 0.708. The van der Waals surface area contributed by atoms with E-state index >= 15 is 0 Å². The topological polar surface area (TPSA) is 78.3 Å². The molecule has 1 aromatic carbocycles. The van der Waals surface area contributed by atoms with E-state index in [4.69, 9.17) is 9.47 Å². The van der Waals surface area contributed by atoms with E-state index in [1.54, 1.807) is 30.2 Å². The predicted octanol–water partition coefficient (Wildman–Crippen LogP) is 3.77. The number of hydrogen-bond acceptors (Lipinski definition) is 7. The van der Waals surface area contributed by atoms with E-state index < -0.39 is 6.04 Å². The average Bonchev–Trinajstić information content (AvgIpc) is 3.43. The lowest BCUT2D eigenvalue weighted by molar-refractivity contribution is -0.116. The first-order valence-corrected chi connectivity index (χ1v) is 10.3. The molecule has 3 aromatic rings. The van der Waals surface area contributed by atoms with Crippen LogP contribution in [0.4, 0.5) is 5.95 Å². The molecule has 0 unspecified atom stereocenters. The molecule has 2 aliphatic rings. The summed E-state index contributed by atoms with van der Waals surface area (Å²) in [7, 11) is 3.21. The minimum atomic E-state index is -0.411. The summed E-state index contributed by atoms with van der Waals surface area (Å²) in [5.41, 5.74) is 2.47. The van der Waals surface area contributed by atoms with Crippen LogP contribution >= 0.6 is 11.3 Å². The van der Waals surface area contributed by atoms with Gasteiger partial charge in [-0.15, -0.1) is 11.3 Å². The highest BCUT2D eigenvalue weighted by atomic mass is 32.1. The number of allylic oxidation sites excluding steroid dienone is 2. The Labute approximate surface area is 172 Å². The molecule has 2 atom stereocenters. The first-order chi connectivity index (χ1) is 14.2. The first-order valence-electron chi connectivity index (χ1n) is 9.38. The number of methoxy groups -OCH3 is 2. The number of Topliss-reactive ketones (excluding diaryl/α,β-unsaturated/α-hetero) is 1. The lowest BCUT2D eigenvalue weighted by Gasteiger charge is -2.35. The minimum Gasteiger partial charge on any atom is -0.493 e. The van der Waals surface area contributed by atoms with Crippen molar-refractivity contribution in [3.63, 3.8) is 0 Å². The summed E-state index contributed by atoms with van der Waals surface area (Å²) in [6.07, 6.45) is 2.74. The van der Waals surface area contributed by atoms with Crippen molar-refractivity contribution < 1.29 is 14.3 Å². The van der Waals surface area contributed by atoms with Gasteiger partial charge in [0.05, 0.1) is 14.2 Å². The molecular weight excluding hydrogens is 388 g/mol. The van der Waals surface area contributed by atoms with Gasteiger partial charge in [0.1, 0.15) is 12.4 Å². The molecule has 0 fully saturated rings. The van der Waals surface area contributed by atoms with E-state index in [0.29, 0.717) is 23.9 Å². The number of aromatic nitrogens is 3. The fraction of sp³-hybridized carbons (Fsp3) is 0.286. The lowest BCUT2D eigenvalue weighted by atomic mass is 9.80. The molecule has 0 radical (unpaired) electrons. The molecular formula is C21H20N4O3S.